The second-order valence-corrected chi connectivity index (χ2v) is 5.63. The van der Waals surface area contributed by atoms with E-state index >= 15 is 0 Å². The molecule has 1 aromatic heterocycles. The van der Waals surface area contributed by atoms with Crippen LogP contribution in [0.2, 0.25) is 0 Å². The second kappa shape index (κ2) is 9.48. The number of guanidine groups is 1. The van der Waals surface area contributed by atoms with E-state index in [1.54, 1.807) is 7.11 Å². The topological polar surface area (TPSA) is 53.8 Å². The molecule has 1 fully saturated rings. The third-order valence-corrected chi connectivity index (χ3v) is 4.14. The zero-order valence-electron chi connectivity index (χ0n) is 13.8. The number of nitrogens with zero attached hydrogens (tertiary/aromatic N) is 3. The van der Waals surface area contributed by atoms with E-state index < -0.39 is 0 Å². The molecule has 0 amide bonds. The molecule has 1 saturated heterocycles. The molecule has 1 aliphatic heterocycles. The van der Waals surface area contributed by atoms with Gasteiger partial charge in [-0.25, -0.2) is 0 Å². The molecule has 1 atom stereocenters. The molecule has 0 saturated carbocycles. The van der Waals surface area contributed by atoms with Crippen molar-refractivity contribution in [3.05, 3.63) is 24.5 Å². The summed E-state index contributed by atoms with van der Waals surface area (Å²) in [5.41, 5.74) is 0. The molecule has 6 heteroatoms. The molecule has 1 unspecified atom stereocenters. The lowest BCUT2D eigenvalue weighted by atomic mass is 10.2. The van der Waals surface area contributed by atoms with E-state index in [1.807, 2.05) is 19.2 Å². The van der Waals surface area contributed by atoms with Crippen LogP contribution in [0.25, 0.3) is 0 Å². The predicted molar refractivity (Wildman–Crippen MR) is 90.3 cm³/mol. The van der Waals surface area contributed by atoms with E-state index in [-0.39, 0.29) is 0 Å². The Morgan fingerprint density at radius 1 is 1.27 bits per heavy atom. The fraction of sp³-hybridized carbons (Fsp3) is 0.688. The maximum absolute atomic E-state index is 5.19. The molecule has 6 nitrogen and oxygen atoms in total. The van der Waals surface area contributed by atoms with Crippen LogP contribution in [0.15, 0.2) is 29.5 Å². The molecular weight excluding hydrogens is 278 g/mol. The molecule has 2 rings (SSSR count). The summed E-state index contributed by atoms with van der Waals surface area (Å²) in [4.78, 5) is 6.80. The van der Waals surface area contributed by atoms with Gasteiger partial charge in [-0.05, 0) is 31.5 Å². The number of rotatable bonds is 8. The van der Waals surface area contributed by atoms with Gasteiger partial charge in [0, 0.05) is 58.8 Å². The van der Waals surface area contributed by atoms with Gasteiger partial charge < -0.3 is 19.9 Å². The minimum atomic E-state index is 0.582. The van der Waals surface area contributed by atoms with Gasteiger partial charge in [0.2, 0.25) is 0 Å². The van der Waals surface area contributed by atoms with Crippen molar-refractivity contribution in [2.75, 3.05) is 46.9 Å². The second-order valence-electron chi connectivity index (χ2n) is 5.63. The summed E-state index contributed by atoms with van der Waals surface area (Å²) < 4.78 is 7.34. The zero-order chi connectivity index (χ0) is 15.6. The zero-order valence-corrected chi connectivity index (χ0v) is 13.8. The number of nitrogens with one attached hydrogen (secondary N) is 2. The van der Waals surface area contributed by atoms with Crippen LogP contribution in [0.1, 0.15) is 12.8 Å². The maximum atomic E-state index is 5.19. The molecule has 2 N–H and O–H groups in total. The van der Waals surface area contributed by atoms with Gasteiger partial charge in [0.25, 0.3) is 0 Å². The predicted octanol–water partition coefficient (Wildman–Crippen LogP) is 0.764. The number of hydrogen-bond acceptors (Lipinski definition) is 3. The van der Waals surface area contributed by atoms with Crippen LogP contribution in [0.3, 0.4) is 0 Å². The van der Waals surface area contributed by atoms with E-state index in [0.29, 0.717) is 6.04 Å². The minimum Gasteiger partial charge on any atom is -0.383 e. The average molecular weight is 307 g/mol. The standard InChI is InChI=1S/C16H29N5O/c1-17-16(18-7-11-20-8-3-4-9-20)19-14-15-6-5-10-21(15)12-13-22-2/h3-4,8-9,15H,5-7,10-14H2,1-2H3,(H2,17,18,19). The molecule has 0 spiro atoms. The number of hydrogen-bond donors (Lipinski definition) is 2. The summed E-state index contributed by atoms with van der Waals surface area (Å²) in [6.07, 6.45) is 6.67. The third-order valence-electron chi connectivity index (χ3n) is 4.14. The van der Waals surface area contributed by atoms with E-state index in [2.05, 4.69) is 37.5 Å². The Bertz CT molecular complexity index is 432. The Morgan fingerprint density at radius 2 is 2.09 bits per heavy atom. The van der Waals surface area contributed by atoms with Gasteiger partial charge in [-0.3, -0.25) is 9.89 Å². The van der Waals surface area contributed by atoms with Crippen molar-refractivity contribution in [2.24, 2.45) is 4.99 Å². The highest BCUT2D eigenvalue weighted by atomic mass is 16.5. The summed E-state index contributed by atoms with van der Waals surface area (Å²) >= 11 is 0. The maximum Gasteiger partial charge on any atom is 0.191 e. The van der Waals surface area contributed by atoms with Gasteiger partial charge >= 0.3 is 0 Å². The first-order chi connectivity index (χ1) is 10.8. The van der Waals surface area contributed by atoms with Crippen LogP contribution in [0.4, 0.5) is 0 Å². The number of aliphatic imine (C=N–C) groups is 1. The molecule has 22 heavy (non-hydrogen) atoms. The molecule has 1 aromatic rings. The van der Waals surface area contributed by atoms with Gasteiger partial charge in [-0.15, -0.1) is 0 Å². The first kappa shape index (κ1) is 16.8. The third kappa shape index (κ3) is 5.35. The van der Waals surface area contributed by atoms with Gasteiger partial charge in [-0.1, -0.05) is 0 Å². The van der Waals surface area contributed by atoms with Crippen LogP contribution in [0, 0.1) is 0 Å². The Labute approximate surface area is 133 Å². The van der Waals surface area contributed by atoms with Crippen molar-refractivity contribution in [2.45, 2.75) is 25.4 Å². The van der Waals surface area contributed by atoms with Crippen molar-refractivity contribution in [1.82, 2.24) is 20.1 Å². The molecule has 2 heterocycles. The van der Waals surface area contributed by atoms with Crippen LogP contribution >= 0.6 is 0 Å². The molecule has 0 radical (unpaired) electrons. The van der Waals surface area contributed by atoms with Crippen molar-refractivity contribution < 1.29 is 4.74 Å². The smallest absolute Gasteiger partial charge is 0.191 e. The molecule has 1 aliphatic rings. The van der Waals surface area contributed by atoms with Crippen LogP contribution < -0.4 is 10.6 Å². The highest BCUT2D eigenvalue weighted by Crippen LogP contribution is 2.15. The van der Waals surface area contributed by atoms with Crippen molar-refractivity contribution in [3.8, 4) is 0 Å². The van der Waals surface area contributed by atoms with E-state index in [9.17, 15) is 0 Å². The lowest BCUT2D eigenvalue weighted by molar-refractivity contribution is 0.141. The molecular formula is C16H29N5O. The number of likely N-dealkylation sites (tertiary alicyclic amines) is 1. The summed E-state index contributed by atoms with van der Waals surface area (Å²) in [6, 6.07) is 4.67. The Kier molecular flexibility index (Phi) is 7.25. The highest BCUT2D eigenvalue weighted by Gasteiger charge is 2.23. The lowest BCUT2D eigenvalue weighted by Crippen LogP contribution is -2.46. The number of methoxy groups -OCH3 is 1. The molecule has 0 bridgehead atoms. The SMILES string of the molecule is CN=C(NCCn1cccc1)NCC1CCCN1CCOC. The van der Waals surface area contributed by atoms with E-state index in [1.165, 1.54) is 19.4 Å². The van der Waals surface area contributed by atoms with Gasteiger partial charge in [0.15, 0.2) is 5.96 Å². The Balaban J connectivity index is 1.67. The average Bonchev–Trinajstić information content (AvgIpc) is 3.20. The fourth-order valence-corrected chi connectivity index (χ4v) is 2.89. The number of aromatic nitrogens is 1. The van der Waals surface area contributed by atoms with E-state index in [4.69, 9.17) is 4.74 Å². The van der Waals surface area contributed by atoms with Gasteiger partial charge in [0.05, 0.1) is 6.61 Å². The van der Waals surface area contributed by atoms with Crippen molar-refractivity contribution in [3.63, 3.8) is 0 Å². The Hall–Kier alpha value is -1.53. The Morgan fingerprint density at radius 3 is 2.82 bits per heavy atom. The lowest BCUT2D eigenvalue weighted by Gasteiger charge is -2.25. The normalized spacial score (nSPS) is 19.5. The fourth-order valence-electron chi connectivity index (χ4n) is 2.89. The molecule has 0 aliphatic carbocycles. The minimum absolute atomic E-state index is 0.582. The summed E-state index contributed by atoms with van der Waals surface area (Å²) in [6.45, 7) is 5.74. The monoisotopic (exact) mass is 307 g/mol. The van der Waals surface area contributed by atoms with Gasteiger partial charge in [0.1, 0.15) is 0 Å². The largest absolute Gasteiger partial charge is 0.383 e. The summed E-state index contributed by atoms with van der Waals surface area (Å²) in [5.74, 6) is 0.880. The summed E-state index contributed by atoms with van der Waals surface area (Å²) in [7, 11) is 3.59. The first-order valence-corrected chi connectivity index (χ1v) is 8.11. The molecule has 0 aromatic carbocycles. The van der Waals surface area contributed by atoms with Crippen LogP contribution in [0.5, 0.6) is 0 Å². The van der Waals surface area contributed by atoms with E-state index in [0.717, 1.165) is 38.7 Å². The summed E-state index contributed by atoms with van der Waals surface area (Å²) in [5, 5.41) is 6.81. The highest BCUT2D eigenvalue weighted by molar-refractivity contribution is 5.79. The van der Waals surface area contributed by atoms with Crippen LogP contribution in [-0.2, 0) is 11.3 Å². The van der Waals surface area contributed by atoms with Gasteiger partial charge in [-0.2, -0.15) is 0 Å². The number of ether oxygens (including phenoxy) is 1. The first-order valence-electron chi connectivity index (χ1n) is 8.11. The van der Waals surface area contributed by atoms with Crippen molar-refractivity contribution >= 4 is 5.96 Å². The quantitative estimate of drug-likeness (QED) is 0.550. The molecule has 124 valence electrons. The van der Waals surface area contributed by atoms with Crippen molar-refractivity contribution in [1.29, 1.82) is 0 Å². The van der Waals surface area contributed by atoms with Crippen LogP contribution in [-0.4, -0.2) is 68.4 Å².